The largest absolute Gasteiger partial charge is 0.324 e. The van der Waals surface area contributed by atoms with E-state index in [0.717, 1.165) is 10.2 Å². The van der Waals surface area contributed by atoms with Crippen LogP contribution in [0.1, 0.15) is 17.3 Å². The lowest BCUT2D eigenvalue weighted by atomic mass is 10.1. The molecule has 1 amide bonds. The molecule has 2 aromatic carbocycles. The highest BCUT2D eigenvalue weighted by Crippen LogP contribution is 2.18. The first-order valence-electron chi connectivity index (χ1n) is 8.17. The number of ketones is 1. The van der Waals surface area contributed by atoms with Gasteiger partial charge in [0.25, 0.3) is 5.56 Å². The van der Waals surface area contributed by atoms with E-state index in [1.165, 1.54) is 13.0 Å². The summed E-state index contributed by atoms with van der Waals surface area (Å²) in [6, 6.07) is 16.5. The van der Waals surface area contributed by atoms with Gasteiger partial charge in [-0.3, -0.25) is 14.4 Å². The van der Waals surface area contributed by atoms with Crippen LogP contribution < -0.4 is 10.9 Å². The van der Waals surface area contributed by atoms with E-state index in [4.69, 9.17) is 11.6 Å². The van der Waals surface area contributed by atoms with Crippen LogP contribution in [0.25, 0.3) is 11.3 Å². The van der Waals surface area contributed by atoms with E-state index < -0.39 is 5.91 Å². The fraction of sp³-hybridized carbons (Fsp3) is 0.100. The van der Waals surface area contributed by atoms with Crippen molar-refractivity contribution in [2.75, 3.05) is 5.32 Å². The van der Waals surface area contributed by atoms with E-state index in [0.29, 0.717) is 22.0 Å². The van der Waals surface area contributed by atoms with Crippen molar-refractivity contribution in [2.45, 2.75) is 13.5 Å². The molecule has 1 aromatic heterocycles. The Morgan fingerprint density at radius 1 is 1.00 bits per heavy atom. The third-order valence-electron chi connectivity index (χ3n) is 3.88. The molecule has 0 fully saturated rings. The van der Waals surface area contributed by atoms with Crippen LogP contribution >= 0.6 is 11.6 Å². The van der Waals surface area contributed by atoms with Gasteiger partial charge in [-0.05, 0) is 49.4 Å². The average molecular weight is 382 g/mol. The molecule has 3 rings (SSSR count). The molecule has 3 aromatic rings. The molecule has 6 nitrogen and oxygen atoms in total. The molecule has 0 unspecified atom stereocenters. The van der Waals surface area contributed by atoms with E-state index in [9.17, 15) is 14.4 Å². The molecule has 7 heteroatoms. The zero-order chi connectivity index (χ0) is 19.4. The minimum atomic E-state index is -0.395. The molecular formula is C20H16ClN3O3. The number of nitrogens with one attached hydrogen (secondary N) is 1. The van der Waals surface area contributed by atoms with Gasteiger partial charge >= 0.3 is 0 Å². The number of hydrogen-bond acceptors (Lipinski definition) is 4. The first kappa shape index (κ1) is 18.5. The molecule has 0 aliphatic heterocycles. The Kier molecular flexibility index (Phi) is 5.47. The van der Waals surface area contributed by atoms with Crippen molar-refractivity contribution in [1.82, 2.24) is 9.78 Å². The van der Waals surface area contributed by atoms with Gasteiger partial charge in [0.1, 0.15) is 6.54 Å². The summed E-state index contributed by atoms with van der Waals surface area (Å²) in [4.78, 5) is 35.6. The first-order chi connectivity index (χ1) is 12.9. The normalized spacial score (nSPS) is 10.4. The van der Waals surface area contributed by atoms with Crippen LogP contribution in [0.5, 0.6) is 0 Å². The van der Waals surface area contributed by atoms with Crippen molar-refractivity contribution in [1.29, 1.82) is 0 Å². The number of Topliss-reactive ketones (excluding diaryl/α,β-unsaturated/α-hetero) is 1. The Balaban J connectivity index is 1.75. The summed E-state index contributed by atoms with van der Waals surface area (Å²) in [6.07, 6.45) is 0. The zero-order valence-electron chi connectivity index (χ0n) is 14.5. The molecule has 0 bridgehead atoms. The van der Waals surface area contributed by atoms with E-state index in [-0.39, 0.29) is 17.9 Å². The second-order valence-electron chi connectivity index (χ2n) is 5.90. The van der Waals surface area contributed by atoms with E-state index in [1.807, 2.05) is 0 Å². The summed E-state index contributed by atoms with van der Waals surface area (Å²) in [5.74, 6) is -0.448. The van der Waals surface area contributed by atoms with Gasteiger partial charge in [0.05, 0.1) is 5.69 Å². The number of rotatable bonds is 5. The summed E-state index contributed by atoms with van der Waals surface area (Å²) >= 11 is 5.88. The SMILES string of the molecule is CC(=O)c1ccc(NC(=O)Cn2nc(-c3ccc(Cl)cc3)ccc2=O)cc1. The zero-order valence-corrected chi connectivity index (χ0v) is 15.2. The van der Waals surface area contributed by atoms with Gasteiger partial charge < -0.3 is 5.32 Å². The molecular weight excluding hydrogens is 366 g/mol. The number of amides is 1. The quantitative estimate of drug-likeness (QED) is 0.687. The molecule has 0 saturated heterocycles. The summed E-state index contributed by atoms with van der Waals surface area (Å²) in [5, 5.41) is 7.53. The first-order valence-corrected chi connectivity index (χ1v) is 8.55. The predicted molar refractivity (Wildman–Crippen MR) is 104 cm³/mol. The van der Waals surface area contributed by atoms with Crippen LogP contribution in [0.15, 0.2) is 65.5 Å². The number of nitrogens with zero attached hydrogens (tertiary/aromatic N) is 2. The number of aromatic nitrogens is 2. The van der Waals surface area contributed by atoms with Gasteiger partial charge in [-0.15, -0.1) is 0 Å². The lowest BCUT2D eigenvalue weighted by molar-refractivity contribution is -0.117. The minimum Gasteiger partial charge on any atom is -0.324 e. The average Bonchev–Trinajstić information content (AvgIpc) is 2.64. The molecule has 0 spiro atoms. The molecule has 0 aliphatic rings. The number of halogens is 1. The fourth-order valence-corrected chi connectivity index (χ4v) is 2.59. The predicted octanol–water partition coefficient (Wildman–Crippen LogP) is 3.41. The van der Waals surface area contributed by atoms with Gasteiger partial charge in [-0.1, -0.05) is 23.7 Å². The van der Waals surface area contributed by atoms with Crippen LogP contribution in [0.4, 0.5) is 5.69 Å². The Labute approximate surface area is 160 Å². The number of carbonyl (C=O) groups excluding carboxylic acids is 2. The second-order valence-corrected chi connectivity index (χ2v) is 6.34. The van der Waals surface area contributed by atoms with Crippen molar-refractivity contribution in [3.8, 4) is 11.3 Å². The number of anilines is 1. The smallest absolute Gasteiger partial charge is 0.267 e. The summed E-state index contributed by atoms with van der Waals surface area (Å²) in [5.41, 5.74) is 2.06. The number of carbonyl (C=O) groups is 2. The minimum absolute atomic E-state index is 0.0531. The number of hydrogen-bond donors (Lipinski definition) is 1. The monoisotopic (exact) mass is 381 g/mol. The third kappa shape index (κ3) is 4.68. The van der Waals surface area contributed by atoms with Crippen molar-refractivity contribution in [2.24, 2.45) is 0 Å². The molecule has 0 saturated carbocycles. The van der Waals surface area contributed by atoms with Crippen molar-refractivity contribution >= 4 is 29.0 Å². The third-order valence-corrected chi connectivity index (χ3v) is 4.13. The highest BCUT2D eigenvalue weighted by atomic mass is 35.5. The van der Waals surface area contributed by atoms with E-state index in [2.05, 4.69) is 10.4 Å². The van der Waals surface area contributed by atoms with Crippen LogP contribution in [-0.2, 0) is 11.3 Å². The molecule has 0 radical (unpaired) electrons. The van der Waals surface area contributed by atoms with Gasteiger partial charge in [-0.25, -0.2) is 4.68 Å². The number of benzene rings is 2. The van der Waals surface area contributed by atoms with Gasteiger partial charge in [0, 0.05) is 27.9 Å². The second kappa shape index (κ2) is 7.97. The molecule has 0 atom stereocenters. The lowest BCUT2D eigenvalue weighted by Gasteiger charge is -2.09. The van der Waals surface area contributed by atoms with Crippen molar-refractivity contribution in [3.63, 3.8) is 0 Å². The summed E-state index contributed by atoms with van der Waals surface area (Å²) < 4.78 is 1.10. The molecule has 0 aliphatic carbocycles. The molecule has 1 heterocycles. The van der Waals surface area contributed by atoms with Gasteiger partial charge in [0.15, 0.2) is 5.78 Å². The molecule has 1 N–H and O–H groups in total. The summed E-state index contributed by atoms with van der Waals surface area (Å²) in [6.45, 7) is 1.24. The maximum absolute atomic E-state index is 12.3. The molecule has 136 valence electrons. The van der Waals surface area contributed by atoms with Crippen molar-refractivity contribution in [3.05, 3.63) is 81.6 Å². The van der Waals surface area contributed by atoms with Crippen LogP contribution in [0.2, 0.25) is 5.02 Å². The Bertz CT molecular complexity index is 1040. The van der Waals surface area contributed by atoms with Crippen LogP contribution in [-0.4, -0.2) is 21.5 Å². The Morgan fingerprint density at radius 3 is 2.30 bits per heavy atom. The topological polar surface area (TPSA) is 81.1 Å². The van der Waals surface area contributed by atoms with E-state index in [1.54, 1.807) is 54.6 Å². The van der Waals surface area contributed by atoms with Crippen LogP contribution in [0.3, 0.4) is 0 Å². The lowest BCUT2D eigenvalue weighted by Crippen LogP contribution is -2.29. The van der Waals surface area contributed by atoms with E-state index >= 15 is 0 Å². The maximum atomic E-state index is 12.3. The van der Waals surface area contributed by atoms with Crippen molar-refractivity contribution < 1.29 is 9.59 Å². The Morgan fingerprint density at radius 2 is 1.67 bits per heavy atom. The fourth-order valence-electron chi connectivity index (χ4n) is 2.46. The van der Waals surface area contributed by atoms with Gasteiger partial charge in [0.2, 0.25) is 5.91 Å². The Hall–Kier alpha value is -3.25. The highest BCUT2D eigenvalue weighted by molar-refractivity contribution is 6.30. The highest BCUT2D eigenvalue weighted by Gasteiger charge is 2.09. The van der Waals surface area contributed by atoms with Gasteiger partial charge in [-0.2, -0.15) is 5.10 Å². The molecule has 27 heavy (non-hydrogen) atoms. The standard InChI is InChI=1S/C20H16ClN3O3/c1-13(25)14-4-8-17(9-5-14)22-19(26)12-24-20(27)11-10-18(23-24)15-2-6-16(21)7-3-15/h2-11H,12H2,1H3,(H,22,26). The summed E-state index contributed by atoms with van der Waals surface area (Å²) in [7, 11) is 0. The van der Waals surface area contributed by atoms with Crippen LogP contribution in [0, 0.1) is 0 Å². The maximum Gasteiger partial charge on any atom is 0.267 e.